The van der Waals surface area contributed by atoms with Crippen molar-refractivity contribution < 1.29 is 4.92 Å². The monoisotopic (exact) mass is 270 g/mol. The van der Waals surface area contributed by atoms with Crippen LogP contribution in [0.3, 0.4) is 0 Å². The van der Waals surface area contributed by atoms with Gasteiger partial charge >= 0.3 is 5.69 Å². The number of nitrogen functional groups attached to an aromatic ring is 1. The largest absolute Gasteiger partial charge is 0.368 e. The Morgan fingerprint density at radius 1 is 1.40 bits per heavy atom. The second kappa shape index (κ2) is 5.19. The molecule has 0 saturated carbocycles. The van der Waals surface area contributed by atoms with E-state index in [1.165, 1.54) is 4.90 Å². The Hall–Kier alpha value is -3.21. The summed E-state index contributed by atoms with van der Waals surface area (Å²) >= 11 is 0. The average Bonchev–Trinajstić information content (AvgIpc) is 2.46. The van der Waals surface area contributed by atoms with Crippen molar-refractivity contribution in [2.75, 3.05) is 17.7 Å². The lowest BCUT2D eigenvalue weighted by Gasteiger charge is -2.18. The highest BCUT2D eigenvalue weighted by atomic mass is 16.6. The molecule has 0 saturated heterocycles. The van der Waals surface area contributed by atoms with Gasteiger partial charge in [-0.3, -0.25) is 10.1 Å². The SMILES string of the molecule is CN(c1ccc(C#N)cc1)c1nc(N)ncc1[N+](=O)[O-]. The van der Waals surface area contributed by atoms with E-state index >= 15 is 0 Å². The standard InChI is InChI=1S/C12H10N6O2/c1-17(9-4-2-8(6-13)3-5-9)11-10(18(19)20)7-15-12(14)16-11/h2-5,7H,1H3,(H2,14,15,16). The van der Waals surface area contributed by atoms with Crippen LogP contribution in [0.15, 0.2) is 30.5 Å². The first kappa shape index (κ1) is 13.2. The van der Waals surface area contributed by atoms with Gasteiger partial charge in [0.25, 0.3) is 0 Å². The number of nitrogens with two attached hydrogens (primary N) is 1. The van der Waals surface area contributed by atoms with Crippen LogP contribution in [0, 0.1) is 21.4 Å². The van der Waals surface area contributed by atoms with E-state index < -0.39 is 4.92 Å². The first-order valence-electron chi connectivity index (χ1n) is 5.53. The molecule has 0 unspecified atom stereocenters. The highest BCUT2D eigenvalue weighted by Gasteiger charge is 2.21. The zero-order valence-corrected chi connectivity index (χ0v) is 10.5. The van der Waals surface area contributed by atoms with Crippen molar-refractivity contribution in [1.82, 2.24) is 9.97 Å². The van der Waals surface area contributed by atoms with Gasteiger partial charge in [-0.25, -0.2) is 4.98 Å². The molecular formula is C12H10N6O2. The summed E-state index contributed by atoms with van der Waals surface area (Å²) in [6.07, 6.45) is 1.07. The van der Waals surface area contributed by atoms with Crippen molar-refractivity contribution in [3.05, 3.63) is 46.1 Å². The summed E-state index contributed by atoms with van der Waals surface area (Å²) in [6, 6.07) is 8.56. The Kier molecular flexibility index (Phi) is 3.43. The van der Waals surface area contributed by atoms with E-state index in [0.29, 0.717) is 11.3 Å². The molecule has 0 aliphatic heterocycles. The third-order valence-corrected chi connectivity index (χ3v) is 2.67. The van der Waals surface area contributed by atoms with Crippen LogP contribution in [0.4, 0.5) is 23.1 Å². The molecule has 0 atom stereocenters. The molecule has 100 valence electrons. The Labute approximate surface area is 114 Å². The number of hydrogen-bond donors (Lipinski definition) is 1. The van der Waals surface area contributed by atoms with Gasteiger partial charge in [0.1, 0.15) is 6.20 Å². The molecular weight excluding hydrogens is 260 g/mol. The molecule has 0 amide bonds. The lowest BCUT2D eigenvalue weighted by atomic mass is 10.2. The molecule has 2 rings (SSSR count). The Morgan fingerprint density at radius 3 is 2.60 bits per heavy atom. The molecule has 8 heteroatoms. The summed E-state index contributed by atoms with van der Waals surface area (Å²) < 4.78 is 0. The molecule has 0 fully saturated rings. The van der Waals surface area contributed by atoms with Gasteiger partial charge in [-0.1, -0.05) is 0 Å². The summed E-state index contributed by atoms with van der Waals surface area (Å²) in [4.78, 5) is 19.4. The van der Waals surface area contributed by atoms with Crippen molar-refractivity contribution in [1.29, 1.82) is 5.26 Å². The van der Waals surface area contributed by atoms with Crippen LogP contribution >= 0.6 is 0 Å². The van der Waals surface area contributed by atoms with Gasteiger partial charge in [0.15, 0.2) is 0 Å². The molecule has 0 radical (unpaired) electrons. The zero-order chi connectivity index (χ0) is 14.7. The lowest BCUT2D eigenvalue weighted by Crippen LogP contribution is -2.14. The van der Waals surface area contributed by atoms with E-state index in [1.54, 1.807) is 31.3 Å². The first-order valence-corrected chi connectivity index (χ1v) is 5.53. The van der Waals surface area contributed by atoms with Crippen LogP contribution in [0.5, 0.6) is 0 Å². The second-order valence-electron chi connectivity index (χ2n) is 3.91. The third kappa shape index (κ3) is 2.46. The number of aromatic nitrogens is 2. The van der Waals surface area contributed by atoms with Gasteiger partial charge in [0, 0.05) is 12.7 Å². The summed E-state index contributed by atoms with van der Waals surface area (Å²) in [5.41, 5.74) is 6.37. The molecule has 0 spiro atoms. The van der Waals surface area contributed by atoms with Crippen LogP contribution in [-0.4, -0.2) is 21.9 Å². The van der Waals surface area contributed by atoms with Gasteiger partial charge in [-0.15, -0.1) is 0 Å². The fraction of sp³-hybridized carbons (Fsp3) is 0.0833. The quantitative estimate of drug-likeness (QED) is 0.663. The third-order valence-electron chi connectivity index (χ3n) is 2.67. The molecule has 1 aromatic heterocycles. The van der Waals surface area contributed by atoms with E-state index in [1.807, 2.05) is 6.07 Å². The number of hydrogen-bond acceptors (Lipinski definition) is 7. The van der Waals surface area contributed by atoms with Crippen LogP contribution in [0.25, 0.3) is 0 Å². The van der Waals surface area contributed by atoms with Crippen LogP contribution in [0.1, 0.15) is 5.56 Å². The fourth-order valence-electron chi connectivity index (χ4n) is 1.64. The normalized spacial score (nSPS) is 9.80. The maximum absolute atomic E-state index is 11.0. The predicted molar refractivity (Wildman–Crippen MR) is 72.3 cm³/mol. The molecule has 0 bridgehead atoms. The first-order chi connectivity index (χ1) is 9.52. The number of benzene rings is 1. The van der Waals surface area contributed by atoms with Gasteiger partial charge in [0.2, 0.25) is 11.8 Å². The van der Waals surface area contributed by atoms with Crippen LogP contribution < -0.4 is 10.6 Å². The number of rotatable bonds is 3. The van der Waals surface area contributed by atoms with Gasteiger partial charge < -0.3 is 10.6 Å². The van der Waals surface area contributed by atoms with E-state index in [4.69, 9.17) is 11.0 Å². The minimum absolute atomic E-state index is 0.0499. The van der Waals surface area contributed by atoms with Crippen molar-refractivity contribution >= 4 is 23.1 Å². The number of anilines is 3. The van der Waals surface area contributed by atoms with Crippen molar-refractivity contribution in [3.8, 4) is 6.07 Å². The fourth-order valence-corrected chi connectivity index (χ4v) is 1.64. The van der Waals surface area contributed by atoms with E-state index in [2.05, 4.69) is 9.97 Å². The van der Waals surface area contributed by atoms with Gasteiger partial charge in [-0.05, 0) is 24.3 Å². The molecule has 1 aromatic carbocycles. The van der Waals surface area contributed by atoms with Crippen molar-refractivity contribution in [3.63, 3.8) is 0 Å². The van der Waals surface area contributed by atoms with Crippen LogP contribution in [0.2, 0.25) is 0 Å². The molecule has 8 nitrogen and oxygen atoms in total. The highest BCUT2D eigenvalue weighted by molar-refractivity contribution is 5.68. The number of nitriles is 1. The molecule has 1 heterocycles. The minimum atomic E-state index is -0.574. The minimum Gasteiger partial charge on any atom is -0.368 e. The van der Waals surface area contributed by atoms with E-state index in [0.717, 1.165) is 6.20 Å². The molecule has 2 N–H and O–H groups in total. The summed E-state index contributed by atoms with van der Waals surface area (Å²) in [7, 11) is 1.62. The van der Waals surface area contributed by atoms with Crippen molar-refractivity contribution in [2.45, 2.75) is 0 Å². The molecule has 0 aliphatic carbocycles. The molecule has 0 aliphatic rings. The summed E-state index contributed by atoms with van der Waals surface area (Å²) in [5.74, 6) is 0.0401. The number of nitrogens with zero attached hydrogens (tertiary/aromatic N) is 5. The topological polar surface area (TPSA) is 122 Å². The van der Waals surface area contributed by atoms with E-state index in [9.17, 15) is 10.1 Å². The lowest BCUT2D eigenvalue weighted by molar-refractivity contribution is -0.384. The Bertz CT molecular complexity index is 692. The predicted octanol–water partition coefficient (Wildman–Crippen LogP) is 1.61. The van der Waals surface area contributed by atoms with Gasteiger partial charge in [-0.2, -0.15) is 10.2 Å². The maximum atomic E-state index is 11.0. The van der Waals surface area contributed by atoms with E-state index in [-0.39, 0.29) is 17.5 Å². The highest BCUT2D eigenvalue weighted by Crippen LogP contribution is 2.30. The summed E-state index contributed by atoms with van der Waals surface area (Å²) in [6.45, 7) is 0. The smallest absolute Gasteiger partial charge is 0.330 e. The maximum Gasteiger partial charge on any atom is 0.330 e. The Morgan fingerprint density at radius 2 is 2.05 bits per heavy atom. The Balaban J connectivity index is 2.46. The van der Waals surface area contributed by atoms with Crippen molar-refractivity contribution in [2.24, 2.45) is 0 Å². The zero-order valence-electron chi connectivity index (χ0n) is 10.5. The summed E-state index contributed by atoms with van der Waals surface area (Å²) in [5, 5.41) is 19.7. The van der Waals surface area contributed by atoms with Gasteiger partial charge in [0.05, 0.1) is 16.6 Å². The second-order valence-corrected chi connectivity index (χ2v) is 3.91. The number of nitro groups is 1. The average molecular weight is 270 g/mol. The molecule has 2 aromatic rings. The van der Waals surface area contributed by atoms with Crippen LogP contribution in [-0.2, 0) is 0 Å². The molecule has 20 heavy (non-hydrogen) atoms.